The molecule has 2 amide bonds. The van der Waals surface area contributed by atoms with E-state index in [9.17, 15) is 9.59 Å². The molecule has 0 saturated carbocycles. The Morgan fingerprint density at radius 1 is 1.30 bits per heavy atom. The average Bonchev–Trinajstić information content (AvgIpc) is 2.38. The number of hydrogen-bond donors (Lipinski definition) is 3. The highest BCUT2D eigenvalue weighted by molar-refractivity contribution is 5.92. The van der Waals surface area contributed by atoms with E-state index in [1.165, 1.54) is 0 Å². The molecule has 0 spiro atoms. The van der Waals surface area contributed by atoms with Crippen molar-refractivity contribution in [2.45, 2.75) is 26.5 Å². The second-order valence-corrected chi connectivity index (χ2v) is 4.75. The van der Waals surface area contributed by atoms with Crippen LogP contribution in [-0.2, 0) is 16.1 Å². The van der Waals surface area contributed by atoms with Crippen LogP contribution in [0.1, 0.15) is 19.4 Å². The fraction of sp³-hybridized carbons (Fsp3) is 0.429. The second-order valence-electron chi connectivity index (χ2n) is 4.75. The van der Waals surface area contributed by atoms with E-state index in [4.69, 9.17) is 9.84 Å². The molecule has 0 fully saturated rings. The van der Waals surface area contributed by atoms with E-state index in [1.54, 1.807) is 33.1 Å². The first-order valence-electron chi connectivity index (χ1n) is 6.33. The smallest absolute Gasteiger partial charge is 0.326 e. The summed E-state index contributed by atoms with van der Waals surface area (Å²) in [5.41, 5.74) is 1.42. The molecule has 0 aliphatic rings. The first kappa shape index (κ1) is 16.0. The van der Waals surface area contributed by atoms with Crippen LogP contribution in [0.5, 0.6) is 0 Å². The highest BCUT2D eigenvalue weighted by atomic mass is 16.5. The maximum absolute atomic E-state index is 11.9. The number of carbonyl (C=O) groups is 2. The standard InChI is InChI=1S/C14H20N2O4/c1-9(2)12(13(17)18)16-14(19)15-11-7-5-4-6-10(11)8-20-3/h4-7,9,12H,8H2,1-3H3,(H,17,18)(H2,15,16,19)/t12-/m1/s1. The van der Waals surface area contributed by atoms with E-state index in [1.807, 2.05) is 12.1 Å². The lowest BCUT2D eigenvalue weighted by molar-refractivity contribution is -0.140. The molecule has 1 atom stereocenters. The molecular weight excluding hydrogens is 260 g/mol. The summed E-state index contributed by atoms with van der Waals surface area (Å²) in [4.78, 5) is 22.9. The monoisotopic (exact) mass is 280 g/mol. The number of amides is 2. The van der Waals surface area contributed by atoms with Crippen molar-refractivity contribution in [2.24, 2.45) is 5.92 Å². The van der Waals surface area contributed by atoms with Crippen molar-refractivity contribution in [1.29, 1.82) is 0 Å². The summed E-state index contributed by atoms with van der Waals surface area (Å²) in [5.74, 6) is -1.26. The lowest BCUT2D eigenvalue weighted by Crippen LogP contribution is -2.46. The Kier molecular flexibility index (Phi) is 5.99. The number of para-hydroxylation sites is 1. The number of nitrogens with one attached hydrogen (secondary N) is 2. The molecule has 0 aromatic heterocycles. The average molecular weight is 280 g/mol. The van der Waals surface area contributed by atoms with Gasteiger partial charge >= 0.3 is 12.0 Å². The van der Waals surface area contributed by atoms with Crippen molar-refractivity contribution >= 4 is 17.7 Å². The zero-order chi connectivity index (χ0) is 15.1. The number of aliphatic carboxylic acids is 1. The predicted octanol–water partition coefficient (Wildman–Crippen LogP) is 2.06. The molecule has 6 heteroatoms. The fourth-order valence-electron chi connectivity index (χ4n) is 1.74. The van der Waals surface area contributed by atoms with Crippen molar-refractivity contribution in [3.8, 4) is 0 Å². The Morgan fingerprint density at radius 3 is 2.50 bits per heavy atom. The highest BCUT2D eigenvalue weighted by Gasteiger charge is 2.23. The Hall–Kier alpha value is -2.08. The van der Waals surface area contributed by atoms with E-state index >= 15 is 0 Å². The third-order valence-electron chi connectivity index (χ3n) is 2.78. The van der Waals surface area contributed by atoms with Crippen LogP contribution in [0.2, 0.25) is 0 Å². The second kappa shape index (κ2) is 7.49. The van der Waals surface area contributed by atoms with E-state index in [0.29, 0.717) is 12.3 Å². The molecule has 20 heavy (non-hydrogen) atoms. The van der Waals surface area contributed by atoms with Crippen LogP contribution >= 0.6 is 0 Å². The quantitative estimate of drug-likeness (QED) is 0.744. The van der Waals surface area contributed by atoms with E-state index in [2.05, 4.69) is 10.6 Å². The maximum atomic E-state index is 11.9. The van der Waals surface area contributed by atoms with E-state index < -0.39 is 18.0 Å². The van der Waals surface area contributed by atoms with Gasteiger partial charge in [-0.05, 0) is 12.0 Å². The van der Waals surface area contributed by atoms with Gasteiger partial charge in [-0.25, -0.2) is 9.59 Å². The Balaban J connectivity index is 2.73. The molecule has 1 aromatic carbocycles. The molecule has 0 unspecified atom stereocenters. The van der Waals surface area contributed by atoms with E-state index in [0.717, 1.165) is 5.56 Å². The van der Waals surface area contributed by atoms with Crippen LogP contribution in [0.4, 0.5) is 10.5 Å². The van der Waals surface area contributed by atoms with Gasteiger partial charge in [-0.15, -0.1) is 0 Å². The summed E-state index contributed by atoms with van der Waals surface area (Å²) >= 11 is 0. The van der Waals surface area contributed by atoms with Crippen LogP contribution in [0.25, 0.3) is 0 Å². The maximum Gasteiger partial charge on any atom is 0.326 e. The summed E-state index contributed by atoms with van der Waals surface area (Å²) in [6, 6.07) is 5.71. The number of carbonyl (C=O) groups excluding carboxylic acids is 1. The van der Waals surface area contributed by atoms with Gasteiger partial charge in [0.25, 0.3) is 0 Å². The minimum absolute atomic E-state index is 0.201. The Bertz CT molecular complexity index is 474. The first-order chi connectivity index (χ1) is 9.45. The molecular formula is C14H20N2O4. The van der Waals surface area contributed by atoms with Gasteiger partial charge in [0.15, 0.2) is 0 Å². The van der Waals surface area contributed by atoms with Crippen LogP contribution in [0.15, 0.2) is 24.3 Å². The van der Waals surface area contributed by atoms with Crippen LogP contribution in [0.3, 0.4) is 0 Å². The largest absolute Gasteiger partial charge is 0.480 e. The van der Waals surface area contributed by atoms with Crippen molar-refractivity contribution in [1.82, 2.24) is 5.32 Å². The van der Waals surface area contributed by atoms with Gasteiger partial charge in [0, 0.05) is 18.4 Å². The molecule has 0 aliphatic carbocycles. The minimum atomic E-state index is -1.06. The molecule has 3 N–H and O–H groups in total. The van der Waals surface area contributed by atoms with Gasteiger partial charge in [-0.2, -0.15) is 0 Å². The van der Waals surface area contributed by atoms with Crippen molar-refractivity contribution < 1.29 is 19.4 Å². The number of anilines is 1. The summed E-state index contributed by atoms with van der Waals surface area (Å²) < 4.78 is 5.04. The van der Waals surface area contributed by atoms with Gasteiger partial charge in [0.1, 0.15) is 6.04 Å². The van der Waals surface area contributed by atoms with Gasteiger partial charge in [-0.1, -0.05) is 32.0 Å². The number of ether oxygens (including phenoxy) is 1. The minimum Gasteiger partial charge on any atom is -0.480 e. The molecule has 0 aliphatic heterocycles. The van der Waals surface area contributed by atoms with Crippen molar-refractivity contribution in [3.63, 3.8) is 0 Å². The van der Waals surface area contributed by atoms with Crippen LogP contribution in [0, 0.1) is 5.92 Å². The SMILES string of the molecule is COCc1ccccc1NC(=O)N[C@@H](C(=O)O)C(C)C. The summed E-state index contributed by atoms with van der Waals surface area (Å²) in [6.07, 6.45) is 0. The van der Waals surface area contributed by atoms with Gasteiger partial charge in [-0.3, -0.25) is 0 Å². The van der Waals surface area contributed by atoms with E-state index in [-0.39, 0.29) is 5.92 Å². The molecule has 0 heterocycles. The molecule has 1 aromatic rings. The van der Waals surface area contributed by atoms with Gasteiger partial charge < -0.3 is 20.5 Å². The van der Waals surface area contributed by atoms with Crippen molar-refractivity contribution in [3.05, 3.63) is 29.8 Å². The number of urea groups is 1. The molecule has 1 rings (SSSR count). The summed E-state index contributed by atoms with van der Waals surface area (Å²) in [5, 5.41) is 14.1. The predicted molar refractivity (Wildman–Crippen MR) is 75.6 cm³/mol. The number of methoxy groups -OCH3 is 1. The molecule has 0 radical (unpaired) electrons. The number of carboxylic acid groups (broad SMARTS) is 1. The fourth-order valence-corrected chi connectivity index (χ4v) is 1.74. The normalized spacial score (nSPS) is 12.0. The van der Waals surface area contributed by atoms with Crippen molar-refractivity contribution in [2.75, 3.05) is 12.4 Å². The van der Waals surface area contributed by atoms with Gasteiger partial charge in [0.05, 0.1) is 6.61 Å². The number of benzene rings is 1. The lowest BCUT2D eigenvalue weighted by Gasteiger charge is -2.19. The summed E-state index contributed by atoms with van der Waals surface area (Å²) in [6.45, 7) is 3.83. The molecule has 110 valence electrons. The Labute approximate surface area is 118 Å². The lowest BCUT2D eigenvalue weighted by atomic mass is 10.1. The van der Waals surface area contributed by atoms with Gasteiger partial charge in [0.2, 0.25) is 0 Å². The van der Waals surface area contributed by atoms with Crippen LogP contribution in [-0.4, -0.2) is 30.3 Å². The number of hydrogen-bond acceptors (Lipinski definition) is 3. The highest BCUT2D eigenvalue weighted by Crippen LogP contribution is 2.15. The third kappa shape index (κ3) is 4.55. The number of rotatable bonds is 6. The topological polar surface area (TPSA) is 87.7 Å². The Morgan fingerprint density at radius 2 is 1.95 bits per heavy atom. The zero-order valence-electron chi connectivity index (χ0n) is 11.8. The molecule has 0 saturated heterocycles. The summed E-state index contributed by atoms with van der Waals surface area (Å²) in [7, 11) is 1.57. The number of carboxylic acids is 1. The molecule has 6 nitrogen and oxygen atoms in total. The van der Waals surface area contributed by atoms with Crippen LogP contribution < -0.4 is 10.6 Å². The zero-order valence-corrected chi connectivity index (χ0v) is 11.8. The first-order valence-corrected chi connectivity index (χ1v) is 6.33. The molecule has 0 bridgehead atoms. The third-order valence-corrected chi connectivity index (χ3v) is 2.78.